The van der Waals surface area contributed by atoms with Crippen LogP contribution in [0.1, 0.15) is 31.2 Å². The molecule has 1 aliphatic rings. The first kappa shape index (κ1) is 14.5. The summed E-state index contributed by atoms with van der Waals surface area (Å²) in [5.41, 5.74) is 1.02. The highest BCUT2D eigenvalue weighted by Gasteiger charge is 2.16. The summed E-state index contributed by atoms with van der Waals surface area (Å²) in [6.07, 6.45) is 11.4. The Bertz CT molecular complexity index is 505. The van der Waals surface area contributed by atoms with Crippen LogP contribution in [0.15, 0.2) is 49.1 Å². The summed E-state index contributed by atoms with van der Waals surface area (Å²) in [5.74, 6) is 8.55. The molecule has 1 saturated carbocycles. The van der Waals surface area contributed by atoms with Gasteiger partial charge in [-0.15, -0.1) is 6.58 Å². The van der Waals surface area contributed by atoms with E-state index in [0.29, 0.717) is 5.92 Å². The predicted octanol–water partition coefficient (Wildman–Crippen LogP) is 4.60. The molecule has 104 valence electrons. The predicted molar refractivity (Wildman–Crippen MR) is 84.7 cm³/mol. The third-order valence-electron chi connectivity index (χ3n) is 3.91. The maximum absolute atomic E-state index is 5.12. The lowest BCUT2D eigenvalue weighted by molar-refractivity contribution is 0.357. The summed E-state index contributed by atoms with van der Waals surface area (Å²) in [6.45, 7) is 3.88. The average molecular weight is 266 g/mol. The Labute approximate surface area is 122 Å². The van der Waals surface area contributed by atoms with E-state index < -0.39 is 0 Å². The molecule has 1 aliphatic carbocycles. The second kappa shape index (κ2) is 7.60. The van der Waals surface area contributed by atoms with E-state index >= 15 is 0 Å². The third kappa shape index (κ3) is 4.31. The van der Waals surface area contributed by atoms with Gasteiger partial charge in [0.05, 0.1) is 7.11 Å². The number of benzene rings is 1. The van der Waals surface area contributed by atoms with Crippen LogP contribution in [0, 0.1) is 23.7 Å². The summed E-state index contributed by atoms with van der Waals surface area (Å²) in [4.78, 5) is 0. The number of hydrogen-bond donors (Lipinski definition) is 0. The Morgan fingerprint density at radius 2 is 1.75 bits per heavy atom. The van der Waals surface area contributed by atoms with Gasteiger partial charge in [0.2, 0.25) is 0 Å². The average Bonchev–Trinajstić information content (AvgIpc) is 2.53. The van der Waals surface area contributed by atoms with Crippen molar-refractivity contribution in [2.75, 3.05) is 7.11 Å². The molecule has 1 heteroatoms. The Morgan fingerprint density at radius 1 is 1.10 bits per heavy atom. The Morgan fingerprint density at radius 3 is 2.35 bits per heavy atom. The van der Waals surface area contributed by atoms with Crippen molar-refractivity contribution in [1.82, 2.24) is 0 Å². The zero-order chi connectivity index (χ0) is 14.2. The van der Waals surface area contributed by atoms with Gasteiger partial charge < -0.3 is 4.74 Å². The van der Waals surface area contributed by atoms with Crippen LogP contribution >= 0.6 is 0 Å². The van der Waals surface area contributed by atoms with Crippen LogP contribution in [0.3, 0.4) is 0 Å². The van der Waals surface area contributed by atoms with E-state index in [-0.39, 0.29) is 0 Å². The van der Waals surface area contributed by atoms with Crippen molar-refractivity contribution >= 4 is 0 Å². The number of allylic oxidation sites excluding steroid dienone is 3. The van der Waals surface area contributed by atoms with Gasteiger partial charge in [-0.2, -0.15) is 0 Å². The van der Waals surface area contributed by atoms with E-state index in [9.17, 15) is 0 Å². The molecule has 0 atom stereocenters. The van der Waals surface area contributed by atoms with Crippen molar-refractivity contribution < 1.29 is 4.74 Å². The van der Waals surface area contributed by atoms with Gasteiger partial charge in [0.1, 0.15) is 5.75 Å². The van der Waals surface area contributed by atoms with Crippen molar-refractivity contribution in [3.63, 3.8) is 0 Å². The van der Waals surface area contributed by atoms with Crippen molar-refractivity contribution in [3.8, 4) is 17.6 Å². The number of ether oxygens (including phenoxy) is 1. The van der Waals surface area contributed by atoms with E-state index in [1.165, 1.54) is 25.7 Å². The smallest absolute Gasteiger partial charge is 0.118 e. The van der Waals surface area contributed by atoms with Crippen LogP contribution < -0.4 is 4.74 Å². The zero-order valence-corrected chi connectivity index (χ0v) is 12.1. The fourth-order valence-electron chi connectivity index (χ4n) is 2.56. The Hall–Kier alpha value is -1.94. The van der Waals surface area contributed by atoms with E-state index in [4.69, 9.17) is 4.74 Å². The van der Waals surface area contributed by atoms with Crippen LogP contribution in [0.2, 0.25) is 0 Å². The van der Waals surface area contributed by atoms with Crippen LogP contribution in [0.4, 0.5) is 0 Å². The molecule has 0 amide bonds. The summed E-state index contributed by atoms with van der Waals surface area (Å²) >= 11 is 0. The summed E-state index contributed by atoms with van der Waals surface area (Å²) in [7, 11) is 1.67. The summed E-state index contributed by atoms with van der Waals surface area (Å²) in [6, 6.07) is 7.83. The molecule has 0 saturated heterocycles. The van der Waals surface area contributed by atoms with Gasteiger partial charge >= 0.3 is 0 Å². The highest BCUT2D eigenvalue weighted by atomic mass is 16.5. The molecule has 1 nitrogen and oxygen atoms in total. The Balaban J connectivity index is 1.84. The molecule has 0 spiro atoms. The molecule has 0 unspecified atom stereocenters. The molecule has 0 aliphatic heterocycles. The molecule has 0 bridgehead atoms. The fourth-order valence-corrected chi connectivity index (χ4v) is 2.56. The van der Waals surface area contributed by atoms with Gasteiger partial charge in [0, 0.05) is 5.56 Å². The van der Waals surface area contributed by atoms with Crippen molar-refractivity contribution in [2.45, 2.75) is 25.7 Å². The molecule has 1 aromatic rings. The van der Waals surface area contributed by atoms with Crippen LogP contribution in [-0.2, 0) is 0 Å². The minimum Gasteiger partial charge on any atom is -0.497 e. The molecule has 2 rings (SSSR count). The van der Waals surface area contributed by atoms with E-state index in [2.05, 4.69) is 30.6 Å². The lowest BCUT2D eigenvalue weighted by atomic mass is 9.82. The van der Waals surface area contributed by atoms with E-state index in [1.807, 2.05) is 30.3 Å². The van der Waals surface area contributed by atoms with Crippen molar-refractivity contribution in [1.29, 1.82) is 0 Å². The maximum Gasteiger partial charge on any atom is 0.118 e. The van der Waals surface area contributed by atoms with Crippen LogP contribution in [0.5, 0.6) is 5.75 Å². The standard InChI is InChI=1S/C19H22O/c1-3-16-8-10-17(11-9-16)6-4-5-7-18-12-14-19(20-2)15-13-18/h3-4,6,12-17H,1,8-11H2,2H3/t16-,17-. The van der Waals surface area contributed by atoms with Gasteiger partial charge in [0.25, 0.3) is 0 Å². The van der Waals surface area contributed by atoms with Crippen molar-refractivity contribution in [3.05, 3.63) is 54.6 Å². The second-order valence-electron chi connectivity index (χ2n) is 5.27. The summed E-state index contributed by atoms with van der Waals surface area (Å²) < 4.78 is 5.12. The molecular formula is C19H22O. The van der Waals surface area contributed by atoms with E-state index in [0.717, 1.165) is 17.2 Å². The highest BCUT2D eigenvalue weighted by molar-refractivity contribution is 5.40. The normalized spacial score (nSPS) is 22.1. The summed E-state index contributed by atoms with van der Waals surface area (Å²) in [5, 5.41) is 0. The van der Waals surface area contributed by atoms with E-state index in [1.54, 1.807) is 7.11 Å². The molecule has 1 fully saturated rings. The first-order valence-electron chi connectivity index (χ1n) is 7.26. The molecule has 0 aromatic heterocycles. The SMILES string of the molecule is C=C[C@H]1CC[C@H](C=CC#Cc2ccc(OC)cc2)CC1. The topological polar surface area (TPSA) is 9.23 Å². The van der Waals surface area contributed by atoms with Crippen LogP contribution in [0.25, 0.3) is 0 Å². The maximum atomic E-state index is 5.12. The van der Waals surface area contributed by atoms with Crippen molar-refractivity contribution in [2.24, 2.45) is 11.8 Å². The first-order chi connectivity index (χ1) is 9.81. The molecular weight excluding hydrogens is 244 g/mol. The number of rotatable bonds is 3. The minimum absolute atomic E-state index is 0.691. The molecule has 0 N–H and O–H groups in total. The minimum atomic E-state index is 0.691. The number of hydrogen-bond acceptors (Lipinski definition) is 1. The zero-order valence-electron chi connectivity index (χ0n) is 12.1. The quantitative estimate of drug-likeness (QED) is 0.574. The van der Waals surface area contributed by atoms with Gasteiger partial charge in [-0.3, -0.25) is 0 Å². The first-order valence-corrected chi connectivity index (χ1v) is 7.26. The lowest BCUT2D eigenvalue weighted by Crippen LogP contribution is -2.10. The van der Waals surface area contributed by atoms with Gasteiger partial charge in [0.15, 0.2) is 0 Å². The molecule has 1 aromatic carbocycles. The molecule has 0 heterocycles. The lowest BCUT2D eigenvalue weighted by Gasteiger charge is -2.23. The molecule has 0 radical (unpaired) electrons. The third-order valence-corrected chi connectivity index (χ3v) is 3.91. The van der Waals surface area contributed by atoms with Gasteiger partial charge in [-0.05, 0) is 67.9 Å². The number of methoxy groups -OCH3 is 1. The van der Waals surface area contributed by atoms with Crippen LogP contribution in [-0.4, -0.2) is 7.11 Å². The second-order valence-corrected chi connectivity index (χ2v) is 5.27. The monoisotopic (exact) mass is 266 g/mol. The largest absolute Gasteiger partial charge is 0.497 e. The fraction of sp³-hybridized carbons (Fsp3) is 0.368. The van der Waals surface area contributed by atoms with Gasteiger partial charge in [-0.25, -0.2) is 0 Å². The molecule has 20 heavy (non-hydrogen) atoms. The Kier molecular flexibility index (Phi) is 5.50. The van der Waals surface area contributed by atoms with Gasteiger partial charge in [-0.1, -0.05) is 24.0 Å². The highest BCUT2D eigenvalue weighted by Crippen LogP contribution is 2.29.